The number of hydrogen-bond donors (Lipinski definition) is 2. The minimum Gasteiger partial charge on any atom is -0.481 e. The fourth-order valence-electron chi connectivity index (χ4n) is 1.98. The molecular weight excluding hydrogens is 270 g/mol. The lowest BCUT2D eigenvalue weighted by atomic mass is 10.1. The molecule has 2 amide bonds. The Morgan fingerprint density at radius 2 is 1.86 bits per heavy atom. The van der Waals surface area contributed by atoms with Crippen LogP contribution in [0.25, 0.3) is 0 Å². The molecule has 0 aliphatic carbocycles. The average Bonchev–Trinajstić information content (AvgIpc) is 2.43. The Bertz CT molecular complexity index is 489. The number of carboxylic acids is 1. The van der Waals surface area contributed by atoms with Crippen LogP contribution in [-0.2, 0) is 11.3 Å². The van der Waals surface area contributed by atoms with E-state index >= 15 is 0 Å². The van der Waals surface area contributed by atoms with Crippen molar-refractivity contribution in [3.63, 3.8) is 0 Å². The van der Waals surface area contributed by atoms with Gasteiger partial charge in [0.2, 0.25) is 0 Å². The number of para-hydroxylation sites is 1. The van der Waals surface area contributed by atoms with E-state index in [-0.39, 0.29) is 12.5 Å². The van der Waals surface area contributed by atoms with Gasteiger partial charge in [-0.3, -0.25) is 4.79 Å². The number of anilines is 1. The fourth-order valence-corrected chi connectivity index (χ4v) is 1.98. The molecule has 21 heavy (non-hydrogen) atoms. The molecule has 0 fully saturated rings. The first-order chi connectivity index (χ1) is 9.91. The maximum Gasteiger partial charge on any atom is 0.317 e. The third kappa shape index (κ3) is 5.72. The van der Waals surface area contributed by atoms with E-state index in [1.165, 1.54) is 0 Å². The molecule has 1 aromatic rings. The maximum atomic E-state index is 11.9. The summed E-state index contributed by atoms with van der Waals surface area (Å²) < 4.78 is 0. The molecule has 1 rings (SSSR count). The number of urea groups is 1. The maximum absolute atomic E-state index is 11.9. The van der Waals surface area contributed by atoms with Crippen LogP contribution >= 0.6 is 0 Å². The number of carboxylic acid groups (broad SMARTS) is 1. The quantitative estimate of drug-likeness (QED) is 0.751. The molecule has 2 N–H and O–H groups in total. The highest BCUT2D eigenvalue weighted by Gasteiger charge is 2.11. The normalized spacial score (nSPS) is 10.0. The number of amides is 2. The largest absolute Gasteiger partial charge is 0.481 e. The van der Waals surface area contributed by atoms with Gasteiger partial charge in [0.25, 0.3) is 0 Å². The van der Waals surface area contributed by atoms with E-state index in [2.05, 4.69) is 5.32 Å². The van der Waals surface area contributed by atoms with E-state index in [9.17, 15) is 9.59 Å². The van der Waals surface area contributed by atoms with E-state index in [0.717, 1.165) is 11.3 Å². The highest BCUT2D eigenvalue weighted by atomic mass is 16.4. The SMILES string of the molecule is CN(Cc1ccccc1N(C)C)C(=O)NCCCC(=O)O. The number of nitrogens with one attached hydrogen (secondary N) is 1. The summed E-state index contributed by atoms with van der Waals surface area (Å²) in [6.07, 6.45) is 0.497. The molecule has 0 aliphatic rings. The Balaban J connectivity index is 2.51. The Morgan fingerprint density at radius 1 is 1.19 bits per heavy atom. The van der Waals surface area contributed by atoms with E-state index in [1.807, 2.05) is 43.3 Å². The number of carbonyl (C=O) groups excluding carboxylic acids is 1. The van der Waals surface area contributed by atoms with Gasteiger partial charge >= 0.3 is 12.0 Å². The van der Waals surface area contributed by atoms with Crippen LogP contribution in [0, 0.1) is 0 Å². The van der Waals surface area contributed by atoms with Crippen LogP contribution in [0.3, 0.4) is 0 Å². The lowest BCUT2D eigenvalue weighted by molar-refractivity contribution is -0.137. The van der Waals surface area contributed by atoms with Gasteiger partial charge in [-0.15, -0.1) is 0 Å². The second-order valence-electron chi connectivity index (χ2n) is 5.11. The molecule has 6 nitrogen and oxygen atoms in total. The third-order valence-corrected chi connectivity index (χ3v) is 3.07. The predicted octanol–water partition coefficient (Wildman–Crippen LogP) is 1.76. The van der Waals surface area contributed by atoms with E-state index < -0.39 is 5.97 Å². The first-order valence-electron chi connectivity index (χ1n) is 6.87. The van der Waals surface area contributed by atoms with Crippen molar-refractivity contribution in [3.05, 3.63) is 29.8 Å². The van der Waals surface area contributed by atoms with Crippen LogP contribution in [0.1, 0.15) is 18.4 Å². The summed E-state index contributed by atoms with van der Waals surface area (Å²) >= 11 is 0. The zero-order valence-corrected chi connectivity index (χ0v) is 12.8. The second kappa shape index (κ2) is 8.14. The number of rotatable bonds is 7. The summed E-state index contributed by atoms with van der Waals surface area (Å²) in [5.74, 6) is -0.850. The van der Waals surface area contributed by atoms with Crippen molar-refractivity contribution in [3.8, 4) is 0 Å². The molecule has 0 bridgehead atoms. The molecular formula is C15H23N3O3. The standard InChI is InChI=1S/C15H23N3O3/c1-17(2)13-8-5-4-7-12(13)11-18(3)15(21)16-10-6-9-14(19)20/h4-5,7-8H,6,9-11H2,1-3H3,(H,16,21)(H,19,20). The van der Waals surface area contributed by atoms with Crippen molar-refractivity contribution < 1.29 is 14.7 Å². The Hall–Kier alpha value is -2.24. The van der Waals surface area contributed by atoms with Crippen LogP contribution in [0.4, 0.5) is 10.5 Å². The number of hydrogen-bond acceptors (Lipinski definition) is 3. The molecule has 0 radical (unpaired) electrons. The molecule has 0 saturated carbocycles. The van der Waals surface area contributed by atoms with Crippen LogP contribution in [0.2, 0.25) is 0 Å². The molecule has 0 heterocycles. The molecule has 0 saturated heterocycles. The highest BCUT2D eigenvalue weighted by molar-refractivity contribution is 5.74. The molecule has 0 spiro atoms. The Kier molecular flexibility index (Phi) is 6.52. The van der Waals surface area contributed by atoms with Gasteiger partial charge in [0.15, 0.2) is 0 Å². The summed E-state index contributed by atoms with van der Waals surface area (Å²) in [4.78, 5) is 25.9. The minimum absolute atomic E-state index is 0.0630. The number of aliphatic carboxylic acids is 1. The van der Waals surface area contributed by atoms with Crippen LogP contribution in [0.5, 0.6) is 0 Å². The van der Waals surface area contributed by atoms with Crippen molar-refractivity contribution in [2.24, 2.45) is 0 Å². The minimum atomic E-state index is -0.850. The molecule has 0 aromatic heterocycles. The van der Waals surface area contributed by atoms with Crippen LogP contribution in [0.15, 0.2) is 24.3 Å². The highest BCUT2D eigenvalue weighted by Crippen LogP contribution is 2.19. The van der Waals surface area contributed by atoms with Gasteiger partial charge in [-0.1, -0.05) is 18.2 Å². The molecule has 0 aliphatic heterocycles. The summed E-state index contributed by atoms with van der Waals surface area (Å²) in [5, 5.41) is 11.3. The van der Waals surface area contributed by atoms with Gasteiger partial charge in [-0.25, -0.2) is 4.79 Å². The van der Waals surface area contributed by atoms with Gasteiger partial charge in [-0.05, 0) is 18.1 Å². The average molecular weight is 293 g/mol. The van der Waals surface area contributed by atoms with E-state index in [0.29, 0.717) is 19.5 Å². The number of nitrogens with zero attached hydrogens (tertiary/aromatic N) is 2. The predicted molar refractivity (Wildman–Crippen MR) is 82.5 cm³/mol. The monoisotopic (exact) mass is 293 g/mol. The zero-order chi connectivity index (χ0) is 15.8. The number of carbonyl (C=O) groups is 2. The first kappa shape index (κ1) is 16.8. The van der Waals surface area contributed by atoms with Gasteiger partial charge in [0, 0.05) is 46.3 Å². The summed E-state index contributed by atoms with van der Waals surface area (Å²) in [7, 11) is 5.65. The molecule has 116 valence electrons. The zero-order valence-electron chi connectivity index (χ0n) is 12.8. The smallest absolute Gasteiger partial charge is 0.317 e. The van der Waals surface area contributed by atoms with Crippen LogP contribution < -0.4 is 10.2 Å². The lowest BCUT2D eigenvalue weighted by Crippen LogP contribution is -2.37. The molecule has 1 aromatic carbocycles. The van der Waals surface area contributed by atoms with E-state index in [4.69, 9.17) is 5.11 Å². The molecule has 6 heteroatoms. The molecule has 0 atom stereocenters. The Labute approximate surface area is 125 Å². The van der Waals surface area contributed by atoms with Crippen LogP contribution in [-0.4, -0.2) is 49.7 Å². The van der Waals surface area contributed by atoms with E-state index in [1.54, 1.807) is 11.9 Å². The fraction of sp³-hybridized carbons (Fsp3) is 0.467. The molecule has 0 unspecified atom stereocenters. The van der Waals surface area contributed by atoms with Gasteiger partial charge in [0.05, 0.1) is 0 Å². The number of benzene rings is 1. The van der Waals surface area contributed by atoms with Gasteiger partial charge < -0.3 is 20.2 Å². The Morgan fingerprint density at radius 3 is 2.48 bits per heavy atom. The summed E-state index contributed by atoms with van der Waals surface area (Å²) in [6, 6.07) is 7.71. The first-order valence-corrected chi connectivity index (χ1v) is 6.87. The van der Waals surface area contributed by atoms with Crippen molar-refractivity contribution in [1.82, 2.24) is 10.2 Å². The third-order valence-electron chi connectivity index (χ3n) is 3.07. The summed E-state index contributed by atoms with van der Waals surface area (Å²) in [5.41, 5.74) is 2.13. The van der Waals surface area contributed by atoms with Gasteiger partial charge in [0.1, 0.15) is 0 Å². The van der Waals surface area contributed by atoms with Crippen molar-refractivity contribution >= 4 is 17.7 Å². The van der Waals surface area contributed by atoms with Crippen molar-refractivity contribution in [2.45, 2.75) is 19.4 Å². The van der Waals surface area contributed by atoms with Crippen molar-refractivity contribution in [2.75, 3.05) is 32.6 Å². The van der Waals surface area contributed by atoms with Gasteiger partial charge in [-0.2, -0.15) is 0 Å². The van der Waals surface area contributed by atoms with Crippen molar-refractivity contribution in [1.29, 1.82) is 0 Å². The lowest BCUT2D eigenvalue weighted by Gasteiger charge is -2.22. The summed E-state index contributed by atoms with van der Waals surface area (Å²) in [6.45, 7) is 0.865. The second-order valence-corrected chi connectivity index (χ2v) is 5.11. The topological polar surface area (TPSA) is 72.9 Å².